The number of hydrogen-bond donors (Lipinski definition) is 1. The van der Waals surface area contributed by atoms with Gasteiger partial charge in [0.05, 0.1) is 29.4 Å². The minimum absolute atomic E-state index is 0.370. The molecular formula is C19H17N5O. The van der Waals surface area contributed by atoms with Crippen LogP contribution in [0.4, 0.5) is 0 Å². The molecular weight excluding hydrogens is 314 g/mol. The standard InChI is InChI=1S/C19H17N5O/c1-13-18(23-16-7-3-2-6-15(16)22-13)19-21-9-10-24(19)12-17(25)14-5-4-8-20-11-14/h2-11,17,25H,12H2,1H3. The van der Waals surface area contributed by atoms with Gasteiger partial charge in [0.15, 0.2) is 5.82 Å². The lowest BCUT2D eigenvalue weighted by Crippen LogP contribution is -2.10. The van der Waals surface area contributed by atoms with Gasteiger partial charge in [0.1, 0.15) is 5.69 Å². The Morgan fingerprint density at radius 2 is 1.84 bits per heavy atom. The van der Waals surface area contributed by atoms with E-state index in [9.17, 15) is 5.11 Å². The maximum atomic E-state index is 10.5. The van der Waals surface area contributed by atoms with Gasteiger partial charge in [-0.3, -0.25) is 4.98 Å². The summed E-state index contributed by atoms with van der Waals surface area (Å²) in [6, 6.07) is 11.4. The number of imidazole rings is 1. The van der Waals surface area contributed by atoms with E-state index >= 15 is 0 Å². The van der Waals surface area contributed by atoms with Crippen LogP contribution in [-0.2, 0) is 6.54 Å². The second-order valence-electron chi connectivity index (χ2n) is 5.85. The molecule has 3 aromatic heterocycles. The molecule has 0 saturated carbocycles. The molecule has 1 aromatic carbocycles. The Balaban J connectivity index is 1.71. The van der Waals surface area contributed by atoms with Gasteiger partial charge in [0.25, 0.3) is 0 Å². The fraction of sp³-hybridized carbons (Fsp3) is 0.158. The van der Waals surface area contributed by atoms with Crippen LogP contribution in [0.5, 0.6) is 0 Å². The molecule has 124 valence electrons. The molecule has 0 amide bonds. The van der Waals surface area contributed by atoms with Crippen molar-refractivity contribution < 1.29 is 5.11 Å². The molecule has 0 spiro atoms. The third-order valence-electron chi connectivity index (χ3n) is 4.11. The molecule has 1 N–H and O–H groups in total. The Morgan fingerprint density at radius 1 is 1.04 bits per heavy atom. The average Bonchev–Trinajstić information content (AvgIpc) is 3.09. The second-order valence-corrected chi connectivity index (χ2v) is 5.85. The summed E-state index contributed by atoms with van der Waals surface area (Å²) < 4.78 is 1.89. The van der Waals surface area contributed by atoms with E-state index in [0.717, 1.165) is 28.0 Å². The summed E-state index contributed by atoms with van der Waals surface area (Å²) in [4.78, 5) is 17.8. The van der Waals surface area contributed by atoms with Gasteiger partial charge in [0.2, 0.25) is 0 Å². The molecule has 1 atom stereocenters. The topological polar surface area (TPSA) is 76.7 Å². The van der Waals surface area contributed by atoms with Crippen molar-refractivity contribution in [2.75, 3.05) is 0 Å². The molecule has 0 radical (unpaired) electrons. The first-order valence-corrected chi connectivity index (χ1v) is 8.05. The van der Waals surface area contributed by atoms with E-state index in [1.165, 1.54) is 0 Å². The zero-order valence-corrected chi connectivity index (χ0v) is 13.7. The minimum atomic E-state index is -0.671. The second kappa shape index (κ2) is 6.41. The highest BCUT2D eigenvalue weighted by Gasteiger charge is 2.16. The first kappa shape index (κ1) is 15.4. The zero-order chi connectivity index (χ0) is 17.2. The molecule has 0 fully saturated rings. The number of rotatable bonds is 4. The minimum Gasteiger partial charge on any atom is -0.386 e. The predicted octanol–water partition coefficient (Wildman–Crippen LogP) is 2.93. The number of benzene rings is 1. The molecule has 6 nitrogen and oxygen atoms in total. The number of fused-ring (bicyclic) bond motifs is 1. The molecule has 0 aliphatic heterocycles. The zero-order valence-electron chi connectivity index (χ0n) is 13.7. The third-order valence-corrected chi connectivity index (χ3v) is 4.11. The van der Waals surface area contributed by atoms with Gasteiger partial charge in [-0.25, -0.2) is 15.0 Å². The molecule has 25 heavy (non-hydrogen) atoms. The summed E-state index contributed by atoms with van der Waals surface area (Å²) in [6.45, 7) is 2.29. The van der Waals surface area contributed by atoms with E-state index in [-0.39, 0.29) is 0 Å². The average molecular weight is 331 g/mol. The number of para-hydroxylation sites is 2. The van der Waals surface area contributed by atoms with Crippen molar-refractivity contribution in [2.24, 2.45) is 0 Å². The van der Waals surface area contributed by atoms with Crippen LogP contribution in [0.3, 0.4) is 0 Å². The molecule has 0 bridgehead atoms. The quantitative estimate of drug-likeness (QED) is 0.622. The van der Waals surface area contributed by atoms with Crippen molar-refractivity contribution in [1.82, 2.24) is 24.5 Å². The number of aromatic nitrogens is 5. The van der Waals surface area contributed by atoms with Crippen LogP contribution in [0, 0.1) is 6.92 Å². The normalized spacial score (nSPS) is 12.4. The summed E-state index contributed by atoms with van der Waals surface area (Å²) in [5, 5.41) is 10.5. The van der Waals surface area contributed by atoms with Crippen molar-refractivity contribution in [3.63, 3.8) is 0 Å². The third kappa shape index (κ3) is 2.99. The molecule has 3 heterocycles. The predicted molar refractivity (Wildman–Crippen MR) is 94.7 cm³/mol. The number of aliphatic hydroxyl groups is 1. The highest BCUT2D eigenvalue weighted by molar-refractivity contribution is 5.77. The number of aliphatic hydroxyl groups excluding tert-OH is 1. The van der Waals surface area contributed by atoms with Crippen LogP contribution < -0.4 is 0 Å². The van der Waals surface area contributed by atoms with Gasteiger partial charge in [-0.05, 0) is 25.1 Å². The van der Waals surface area contributed by atoms with Crippen LogP contribution in [0.1, 0.15) is 17.4 Å². The van der Waals surface area contributed by atoms with Crippen molar-refractivity contribution in [3.8, 4) is 11.5 Å². The van der Waals surface area contributed by atoms with Gasteiger partial charge in [0, 0.05) is 30.4 Å². The SMILES string of the molecule is Cc1nc2ccccc2nc1-c1nccn1CC(O)c1cccnc1. The Hall–Kier alpha value is -3.12. The first-order valence-electron chi connectivity index (χ1n) is 8.05. The van der Waals surface area contributed by atoms with Crippen LogP contribution >= 0.6 is 0 Å². The molecule has 4 aromatic rings. The molecule has 6 heteroatoms. The van der Waals surface area contributed by atoms with E-state index in [1.807, 2.05) is 54.1 Å². The Bertz CT molecular complexity index is 1010. The van der Waals surface area contributed by atoms with E-state index in [2.05, 4.69) is 15.0 Å². The van der Waals surface area contributed by atoms with Crippen LogP contribution in [-0.4, -0.2) is 29.6 Å². The van der Waals surface area contributed by atoms with Gasteiger partial charge in [-0.15, -0.1) is 0 Å². The number of aryl methyl sites for hydroxylation is 1. The monoisotopic (exact) mass is 331 g/mol. The van der Waals surface area contributed by atoms with E-state index in [4.69, 9.17) is 4.98 Å². The smallest absolute Gasteiger partial charge is 0.160 e. The molecule has 0 aliphatic carbocycles. The van der Waals surface area contributed by atoms with E-state index in [0.29, 0.717) is 12.4 Å². The van der Waals surface area contributed by atoms with Crippen molar-refractivity contribution in [3.05, 3.63) is 72.4 Å². The lowest BCUT2D eigenvalue weighted by atomic mass is 10.1. The number of pyridine rings is 1. The Labute approximate surface area is 144 Å². The molecule has 0 aliphatic rings. The van der Waals surface area contributed by atoms with E-state index in [1.54, 1.807) is 18.6 Å². The van der Waals surface area contributed by atoms with Crippen LogP contribution in [0.2, 0.25) is 0 Å². The number of hydrogen-bond acceptors (Lipinski definition) is 5. The fourth-order valence-electron chi connectivity index (χ4n) is 2.84. The lowest BCUT2D eigenvalue weighted by Gasteiger charge is -2.14. The van der Waals surface area contributed by atoms with Crippen molar-refractivity contribution in [1.29, 1.82) is 0 Å². The van der Waals surface area contributed by atoms with Gasteiger partial charge in [-0.1, -0.05) is 18.2 Å². The molecule has 0 saturated heterocycles. The van der Waals surface area contributed by atoms with Crippen molar-refractivity contribution in [2.45, 2.75) is 19.6 Å². The van der Waals surface area contributed by atoms with Gasteiger partial charge in [-0.2, -0.15) is 0 Å². The fourth-order valence-corrected chi connectivity index (χ4v) is 2.84. The Kier molecular flexibility index (Phi) is 3.95. The highest BCUT2D eigenvalue weighted by atomic mass is 16.3. The summed E-state index contributed by atoms with van der Waals surface area (Å²) in [7, 11) is 0. The first-order chi connectivity index (χ1) is 12.2. The summed E-state index contributed by atoms with van der Waals surface area (Å²) in [6.07, 6.45) is 6.23. The van der Waals surface area contributed by atoms with Crippen molar-refractivity contribution >= 4 is 11.0 Å². The van der Waals surface area contributed by atoms with Crippen LogP contribution in [0.25, 0.3) is 22.6 Å². The Morgan fingerprint density at radius 3 is 2.60 bits per heavy atom. The lowest BCUT2D eigenvalue weighted by molar-refractivity contribution is 0.156. The largest absolute Gasteiger partial charge is 0.386 e. The van der Waals surface area contributed by atoms with Gasteiger partial charge < -0.3 is 9.67 Å². The molecule has 4 rings (SSSR count). The highest BCUT2D eigenvalue weighted by Crippen LogP contribution is 2.23. The maximum absolute atomic E-state index is 10.5. The maximum Gasteiger partial charge on any atom is 0.160 e. The molecule has 1 unspecified atom stereocenters. The summed E-state index contributed by atoms with van der Waals surface area (Å²) in [5.74, 6) is 0.693. The van der Waals surface area contributed by atoms with Crippen LogP contribution in [0.15, 0.2) is 61.2 Å². The number of nitrogens with zero attached hydrogens (tertiary/aromatic N) is 5. The van der Waals surface area contributed by atoms with E-state index < -0.39 is 6.10 Å². The van der Waals surface area contributed by atoms with Gasteiger partial charge >= 0.3 is 0 Å². The summed E-state index contributed by atoms with van der Waals surface area (Å²) in [5.41, 5.74) is 3.98. The summed E-state index contributed by atoms with van der Waals surface area (Å²) >= 11 is 0.